The van der Waals surface area contributed by atoms with Crippen molar-refractivity contribution in [3.8, 4) is 0 Å². The van der Waals surface area contributed by atoms with Gasteiger partial charge in [-0.15, -0.1) is 0 Å². The highest BCUT2D eigenvalue weighted by Crippen LogP contribution is 2.09. The third-order valence-corrected chi connectivity index (χ3v) is 2.17. The molecule has 0 fully saturated rings. The topological polar surface area (TPSA) is 23.5 Å². The molecule has 11 heavy (non-hydrogen) atoms. The summed E-state index contributed by atoms with van der Waals surface area (Å²) in [7, 11) is 1.52. The Kier molecular flexibility index (Phi) is 1.48. The Labute approximate surface area is 66.6 Å². The molecule has 0 aromatic heterocycles. The highest BCUT2D eigenvalue weighted by Gasteiger charge is 2.29. The molecule has 1 N–H and O–H groups in total. The second-order valence-corrected chi connectivity index (χ2v) is 2.99. The fourth-order valence-corrected chi connectivity index (χ4v) is 1.52. The summed E-state index contributed by atoms with van der Waals surface area (Å²) in [6, 6.07) is 8.00. The van der Waals surface area contributed by atoms with Gasteiger partial charge in [-0.3, -0.25) is 0 Å². The summed E-state index contributed by atoms with van der Waals surface area (Å²) in [4.78, 5) is 1.92. The standard InChI is InChI=1S/C8H10BNO/c1-10-6-7-4-2-3-5-8(7)9(10)11/h2-5,11H,6H2,1H3. The van der Waals surface area contributed by atoms with Gasteiger partial charge in [-0.2, -0.15) is 0 Å². The van der Waals surface area contributed by atoms with Gasteiger partial charge in [0.15, 0.2) is 0 Å². The zero-order valence-corrected chi connectivity index (χ0v) is 6.49. The van der Waals surface area contributed by atoms with Crippen molar-refractivity contribution in [3.05, 3.63) is 29.8 Å². The van der Waals surface area contributed by atoms with Crippen molar-refractivity contribution in [1.82, 2.24) is 4.81 Å². The lowest BCUT2D eigenvalue weighted by atomic mass is 9.75. The van der Waals surface area contributed by atoms with Crippen molar-refractivity contribution in [3.63, 3.8) is 0 Å². The Morgan fingerprint density at radius 1 is 1.45 bits per heavy atom. The molecule has 0 radical (unpaired) electrons. The molecule has 0 saturated heterocycles. The monoisotopic (exact) mass is 147 g/mol. The molecule has 2 nitrogen and oxygen atoms in total. The second-order valence-electron chi connectivity index (χ2n) is 2.99. The zero-order valence-electron chi connectivity index (χ0n) is 6.49. The van der Waals surface area contributed by atoms with Crippen LogP contribution in [0.15, 0.2) is 24.3 Å². The summed E-state index contributed by atoms with van der Waals surface area (Å²) in [5, 5.41) is 9.58. The van der Waals surface area contributed by atoms with Crippen LogP contribution in [0.1, 0.15) is 5.56 Å². The lowest BCUT2D eigenvalue weighted by molar-refractivity contribution is 0.438. The van der Waals surface area contributed by atoms with Crippen LogP contribution < -0.4 is 5.46 Å². The number of benzene rings is 1. The summed E-state index contributed by atoms with van der Waals surface area (Å²) in [5.41, 5.74) is 2.29. The van der Waals surface area contributed by atoms with Crippen LogP contribution in [0.5, 0.6) is 0 Å². The number of hydrogen-bond donors (Lipinski definition) is 1. The summed E-state index contributed by atoms with van der Waals surface area (Å²) in [6.45, 7) is 0.858. The predicted molar refractivity (Wildman–Crippen MR) is 45.5 cm³/mol. The molecule has 1 aromatic rings. The van der Waals surface area contributed by atoms with Crippen molar-refractivity contribution in [2.45, 2.75) is 6.54 Å². The van der Waals surface area contributed by atoms with Gasteiger partial charge in [0.05, 0.1) is 0 Å². The summed E-state index contributed by atoms with van der Waals surface area (Å²) >= 11 is 0. The maximum Gasteiger partial charge on any atom is 0.416 e. The molecule has 0 bridgehead atoms. The molecule has 0 saturated carbocycles. The SMILES string of the molecule is CN1Cc2ccccc2B1O. The van der Waals surface area contributed by atoms with Crippen LogP contribution in [0.4, 0.5) is 0 Å². The zero-order chi connectivity index (χ0) is 7.84. The molecule has 0 amide bonds. The van der Waals surface area contributed by atoms with Crippen molar-refractivity contribution in [1.29, 1.82) is 0 Å². The van der Waals surface area contributed by atoms with Crippen molar-refractivity contribution in [2.24, 2.45) is 0 Å². The summed E-state index contributed by atoms with van der Waals surface area (Å²) in [5.74, 6) is 0. The average Bonchev–Trinajstić information content (AvgIpc) is 2.30. The first-order valence-electron chi connectivity index (χ1n) is 3.75. The lowest BCUT2D eigenvalue weighted by Crippen LogP contribution is -2.38. The van der Waals surface area contributed by atoms with Gasteiger partial charge in [-0.1, -0.05) is 24.3 Å². The highest BCUT2D eigenvalue weighted by atomic mass is 16.2. The van der Waals surface area contributed by atoms with Crippen molar-refractivity contribution >= 4 is 12.5 Å². The second kappa shape index (κ2) is 2.36. The molecule has 0 unspecified atom stereocenters. The summed E-state index contributed by atoms with van der Waals surface area (Å²) < 4.78 is 0. The number of fused-ring (bicyclic) bond motifs is 1. The van der Waals surface area contributed by atoms with E-state index in [0.29, 0.717) is 0 Å². The van der Waals surface area contributed by atoms with Crippen molar-refractivity contribution < 1.29 is 5.02 Å². The maximum absolute atomic E-state index is 9.58. The fraction of sp³-hybridized carbons (Fsp3) is 0.250. The molecule has 0 spiro atoms. The molecule has 1 aliphatic rings. The van der Waals surface area contributed by atoms with Crippen LogP contribution in [0.3, 0.4) is 0 Å². The molecule has 0 aliphatic carbocycles. The first-order valence-corrected chi connectivity index (χ1v) is 3.75. The largest absolute Gasteiger partial charge is 0.433 e. The number of hydrogen-bond acceptors (Lipinski definition) is 2. The molecule has 3 heteroatoms. The average molecular weight is 147 g/mol. The van der Waals surface area contributed by atoms with Crippen LogP contribution in [-0.4, -0.2) is 23.9 Å². The minimum absolute atomic E-state index is 0.397. The number of nitrogens with zero attached hydrogens (tertiary/aromatic N) is 1. The Balaban J connectivity index is 2.47. The van der Waals surface area contributed by atoms with Gasteiger partial charge in [0.2, 0.25) is 0 Å². The highest BCUT2D eigenvalue weighted by molar-refractivity contribution is 6.65. The van der Waals surface area contributed by atoms with Crippen molar-refractivity contribution in [2.75, 3.05) is 7.05 Å². The Bertz CT molecular complexity index is 277. The van der Waals surface area contributed by atoms with Gasteiger partial charge in [0, 0.05) is 6.54 Å². The molecule has 1 aliphatic heterocycles. The van der Waals surface area contributed by atoms with Crippen LogP contribution in [-0.2, 0) is 6.54 Å². The van der Waals surface area contributed by atoms with E-state index in [1.165, 1.54) is 5.56 Å². The fourth-order valence-electron chi connectivity index (χ4n) is 1.52. The minimum atomic E-state index is -0.397. The Hall–Kier alpha value is -0.795. The van der Waals surface area contributed by atoms with Gasteiger partial charge in [-0.25, -0.2) is 0 Å². The predicted octanol–water partition coefficient (Wildman–Crippen LogP) is -0.181. The first kappa shape index (κ1) is 6.89. The molecule has 56 valence electrons. The molecular formula is C8H10BNO. The van der Waals surface area contributed by atoms with Crippen LogP contribution in [0.25, 0.3) is 0 Å². The number of rotatable bonds is 0. The van der Waals surface area contributed by atoms with E-state index in [2.05, 4.69) is 6.07 Å². The molecule has 1 heterocycles. The minimum Gasteiger partial charge on any atom is -0.433 e. The van der Waals surface area contributed by atoms with Crippen LogP contribution in [0.2, 0.25) is 0 Å². The normalized spacial score (nSPS) is 17.1. The summed E-state index contributed by atoms with van der Waals surface area (Å²) in [6.07, 6.45) is 0. The molecule has 1 aromatic carbocycles. The van der Waals surface area contributed by atoms with Gasteiger partial charge in [0.1, 0.15) is 0 Å². The third kappa shape index (κ3) is 0.969. The smallest absolute Gasteiger partial charge is 0.416 e. The van der Waals surface area contributed by atoms with E-state index in [4.69, 9.17) is 0 Å². The van der Waals surface area contributed by atoms with Gasteiger partial charge in [0.25, 0.3) is 0 Å². The van der Waals surface area contributed by atoms with Gasteiger partial charge >= 0.3 is 7.05 Å². The van der Waals surface area contributed by atoms with Crippen LogP contribution >= 0.6 is 0 Å². The van der Waals surface area contributed by atoms with E-state index in [0.717, 1.165) is 12.0 Å². The van der Waals surface area contributed by atoms with Gasteiger partial charge in [-0.05, 0) is 18.1 Å². The van der Waals surface area contributed by atoms with E-state index in [1.54, 1.807) is 0 Å². The first-order chi connectivity index (χ1) is 5.29. The maximum atomic E-state index is 9.58. The van der Waals surface area contributed by atoms with E-state index >= 15 is 0 Å². The third-order valence-electron chi connectivity index (χ3n) is 2.17. The van der Waals surface area contributed by atoms with E-state index in [9.17, 15) is 5.02 Å². The van der Waals surface area contributed by atoms with E-state index in [-0.39, 0.29) is 0 Å². The Morgan fingerprint density at radius 3 is 2.91 bits per heavy atom. The molecule has 0 atom stereocenters. The van der Waals surface area contributed by atoms with E-state index < -0.39 is 7.05 Å². The molecular weight excluding hydrogens is 137 g/mol. The quantitative estimate of drug-likeness (QED) is 0.514. The molecule has 2 rings (SSSR count). The van der Waals surface area contributed by atoms with Crippen LogP contribution in [0, 0.1) is 0 Å². The van der Waals surface area contributed by atoms with Gasteiger partial charge < -0.3 is 9.83 Å². The van der Waals surface area contributed by atoms with E-state index in [1.807, 2.05) is 30.1 Å². The lowest BCUT2D eigenvalue weighted by Gasteiger charge is -2.07. The Morgan fingerprint density at radius 2 is 2.18 bits per heavy atom.